The minimum Gasteiger partial charge on any atom is -0.393 e. The third kappa shape index (κ3) is 3.30. The van der Waals surface area contributed by atoms with Gasteiger partial charge in [-0.2, -0.15) is 0 Å². The van der Waals surface area contributed by atoms with E-state index in [-0.39, 0.29) is 23.8 Å². The van der Waals surface area contributed by atoms with Crippen molar-refractivity contribution in [3.63, 3.8) is 0 Å². The van der Waals surface area contributed by atoms with E-state index in [1.54, 1.807) is 9.80 Å². The highest BCUT2D eigenvalue weighted by Gasteiger charge is 2.37. The summed E-state index contributed by atoms with van der Waals surface area (Å²) in [7, 11) is 0. The van der Waals surface area contributed by atoms with Crippen molar-refractivity contribution in [2.45, 2.75) is 31.9 Å². The van der Waals surface area contributed by atoms with E-state index in [4.69, 9.17) is 0 Å². The zero-order chi connectivity index (χ0) is 15.5. The van der Waals surface area contributed by atoms with Crippen LogP contribution in [0.4, 0.5) is 0 Å². The molecule has 0 aliphatic carbocycles. The summed E-state index contributed by atoms with van der Waals surface area (Å²) in [6, 6.07) is 9.85. The molecule has 0 saturated carbocycles. The Labute approximate surface area is 130 Å². The molecular weight excluding hydrogens is 280 g/mol. The summed E-state index contributed by atoms with van der Waals surface area (Å²) in [6.07, 6.45) is 1.30. The fraction of sp³-hybridized carbons (Fsp3) is 0.529. The summed E-state index contributed by atoms with van der Waals surface area (Å²) in [5, 5.41) is 9.52. The predicted octanol–water partition coefficient (Wildman–Crippen LogP) is 1.02. The van der Waals surface area contributed by atoms with Crippen LogP contribution in [0.1, 0.15) is 24.8 Å². The van der Waals surface area contributed by atoms with Gasteiger partial charge in [0.2, 0.25) is 11.8 Å². The summed E-state index contributed by atoms with van der Waals surface area (Å²) < 4.78 is 0. The highest BCUT2D eigenvalue weighted by atomic mass is 16.3. The van der Waals surface area contributed by atoms with Gasteiger partial charge in [0.05, 0.1) is 12.0 Å². The molecular formula is C17H22N2O3. The summed E-state index contributed by atoms with van der Waals surface area (Å²) in [5.74, 6) is -0.110. The molecule has 2 fully saturated rings. The Morgan fingerprint density at radius 1 is 1.18 bits per heavy atom. The highest BCUT2D eigenvalue weighted by Crippen LogP contribution is 2.23. The van der Waals surface area contributed by atoms with E-state index >= 15 is 0 Å². The average molecular weight is 302 g/mol. The Morgan fingerprint density at radius 3 is 2.55 bits per heavy atom. The van der Waals surface area contributed by atoms with Crippen LogP contribution in [0.15, 0.2) is 30.3 Å². The SMILES string of the molecule is O=C1CC(C(=O)N2CCC(O)CC2)CN1Cc1ccccc1. The standard InChI is InChI=1S/C17H22N2O3/c20-15-6-8-18(9-7-15)17(22)14-10-16(21)19(12-14)11-13-4-2-1-3-5-13/h1-5,14-15,20H,6-12H2. The largest absolute Gasteiger partial charge is 0.393 e. The lowest BCUT2D eigenvalue weighted by Gasteiger charge is -2.31. The van der Waals surface area contributed by atoms with Crippen LogP contribution in [0.25, 0.3) is 0 Å². The molecule has 2 saturated heterocycles. The maximum absolute atomic E-state index is 12.5. The van der Waals surface area contributed by atoms with Gasteiger partial charge in [0.1, 0.15) is 0 Å². The van der Waals surface area contributed by atoms with E-state index in [1.807, 2.05) is 30.3 Å². The zero-order valence-corrected chi connectivity index (χ0v) is 12.6. The maximum atomic E-state index is 12.5. The number of benzene rings is 1. The van der Waals surface area contributed by atoms with E-state index in [1.165, 1.54) is 0 Å². The number of aliphatic hydroxyl groups is 1. The second-order valence-corrected chi connectivity index (χ2v) is 6.22. The van der Waals surface area contributed by atoms with Gasteiger partial charge in [-0.3, -0.25) is 9.59 Å². The van der Waals surface area contributed by atoms with Crippen LogP contribution in [0.5, 0.6) is 0 Å². The topological polar surface area (TPSA) is 60.9 Å². The first-order valence-electron chi connectivity index (χ1n) is 7.92. The number of carbonyl (C=O) groups is 2. The Hall–Kier alpha value is -1.88. The quantitative estimate of drug-likeness (QED) is 0.907. The third-order valence-corrected chi connectivity index (χ3v) is 4.56. The number of rotatable bonds is 3. The minimum atomic E-state index is -0.288. The van der Waals surface area contributed by atoms with Gasteiger partial charge in [-0.1, -0.05) is 30.3 Å². The fourth-order valence-electron chi connectivity index (χ4n) is 3.24. The number of hydrogen-bond donors (Lipinski definition) is 1. The van der Waals surface area contributed by atoms with Gasteiger partial charge in [-0.05, 0) is 18.4 Å². The highest BCUT2D eigenvalue weighted by molar-refractivity contribution is 5.89. The molecule has 1 N–H and O–H groups in total. The lowest BCUT2D eigenvalue weighted by atomic mass is 10.0. The smallest absolute Gasteiger partial charge is 0.227 e. The van der Waals surface area contributed by atoms with E-state index < -0.39 is 0 Å². The van der Waals surface area contributed by atoms with Crippen molar-refractivity contribution < 1.29 is 14.7 Å². The molecule has 2 amide bonds. The Kier molecular flexibility index (Phi) is 4.43. The molecule has 0 radical (unpaired) electrons. The first-order chi connectivity index (χ1) is 10.6. The molecule has 1 unspecified atom stereocenters. The lowest BCUT2D eigenvalue weighted by molar-refractivity contribution is -0.137. The molecule has 2 heterocycles. The van der Waals surface area contributed by atoms with Crippen molar-refractivity contribution in [1.29, 1.82) is 0 Å². The second kappa shape index (κ2) is 6.48. The van der Waals surface area contributed by atoms with Crippen molar-refractivity contribution >= 4 is 11.8 Å². The summed E-state index contributed by atoms with van der Waals surface area (Å²) in [5.41, 5.74) is 1.09. The van der Waals surface area contributed by atoms with Gasteiger partial charge in [-0.15, -0.1) is 0 Å². The van der Waals surface area contributed by atoms with Crippen molar-refractivity contribution in [2.75, 3.05) is 19.6 Å². The van der Waals surface area contributed by atoms with E-state index in [2.05, 4.69) is 0 Å². The van der Waals surface area contributed by atoms with Crippen LogP contribution in [0.3, 0.4) is 0 Å². The van der Waals surface area contributed by atoms with Crippen molar-refractivity contribution in [2.24, 2.45) is 5.92 Å². The van der Waals surface area contributed by atoms with E-state index in [0.29, 0.717) is 45.4 Å². The summed E-state index contributed by atoms with van der Waals surface area (Å²) in [4.78, 5) is 28.2. The van der Waals surface area contributed by atoms with Crippen molar-refractivity contribution in [3.8, 4) is 0 Å². The number of piperidine rings is 1. The maximum Gasteiger partial charge on any atom is 0.227 e. The summed E-state index contributed by atoms with van der Waals surface area (Å²) in [6.45, 7) is 2.28. The van der Waals surface area contributed by atoms with Gasteiger partial charge in [0, 0.05) is 32.6 Å². The van der Waals surface area contributed by atoms with Gasteiger partial charge >= 0.3 is 0 Å². The van der Waals surface area contributed by atoms with Gasteiger partial charge in [0.25, 0.3) is 0 Å². The average Bonchev–Trinajstić information content (AvgIpc) is 2.89. The van der Waals surface area contributed by atoms with Gasteiger partial charge < -0.3 is 14.9 Å². The molecule has 1 aromatic rings. The normalized spacial score (nSPS) is 23.1. The Bertz CT molecular complexity index is 538. The van der Waals surface area contributed by atoms with Crippen molar-refractivity contribution in [3.05, 3.63) is 35.9 Å². The van der Waals surface area contributed by atoms with E-state index in [9.17, 15) is 14.7 Å². The van der Waals surface area contributed by atoms with Crippen LogP contribution in [0, 0.1) is 5.92 Å². The molecule has 1 atom stereocenters. The zero-order valence-electron chi connectivity index (χ0n) is 12.6. The number of nitrogens with zero attached hydrogens (tertiary/aromatic N) is 2. The first kappa shape index (κ1) is 15.0. The number of likely N-dealkylation sites (tertiary alicyclic amines) is 2. The van der Waals surface area contributed by atoms with E-state index in [0.717, 1.165) is 5.56 Å². The second-order valence-electron chi connectivity index (χ2n) is 6.22. The van der Waals surface area contributed by atoms with Crippen LogP contribution >= 0.6 is 0 Å². The molecule has 22 heavy (non-hydrogen) atoms. The Morgan fingerprint density at radius 2 is 1.86 bits per heavy atom. The first-order valence-corrected chi connectivity index (χ1v) is 7.92. The Balaban J connectivity index is 1.58. The van der Waals surface area contributed by atoms with Crippen molar-refractivity contribution in [1.82, 2.24) is 9.80 Å². The predicted molar refractivity (Wildman–Crippen MR) is 81.8 cm³/mol. The van der Waals surface area contributed by atoms with Gasteiger partial charge in [-0.25, -0.2) is 0 Å². The molecule has 0 aromatic heterocycles. The summed E-state index contributed by atoms with van der Waals surface area (Å²) >= 11 is 0. The molecule has 0 bridgehead atoms. The monoisotopic (exact) mass is 302 g/mol. The molecule has 118 valence electrons. The number of carbonyl (C=O) groups excluding carboxylic acids is 2. The molecule has 2 aliphatic heterocycles. The minimum absolute atomic E-state index is 0.0549. The molecule has 3 rings (SSSR count). The molecule has 0 spiro atoms. The van der Waals surface area contributed by atoms with Crippen LogP contribution < -0.4 is 0 Å². The number of amides is 2. The lowest BCUT2D eigenvalue weighted by Crippen LogP contribution is -2.43. The fourth-order valence-corrected chi connectivity index (χ4v) is 3.24. The third-order valence-electron chi connectivity index (χ3n) is 4.56. The van der Waals surface area contributed by atoms with Crippen LogP contribution in [-0.4, -0.2) is 52.5 Å². The molecule has 2 aliphatic rings. The van der Waals surface area contributed by atoms with Crippen LogP contribution in [-0.2, 0) is 16.1 Å². The van der Waals surface area contributed by atoms with Gasteiger partial charge in [0.15, 0.2) is 0 Å². The molecule has 5 nitrogen and oxygen atoms in total. The van der Waals surface area contributed by atoms with Crippen LogP contribution in [0.2, 0.25) is 0 Å². The number of hydrogen-bond acceptors (Lipinski definition) is 3. The molecule has 5 heteroatoms. The number of aliphatic hydroxyl groups excluding tert-OH is 1. The molecule has 1 aromatic carbocycles.